The van der Waals surface area contributed by atoms with Gasteiger partial charge in [0, 0.05) is 6.61 Å². The van der Waals surface area contributed by atoms with E-state index >= 15 is 0 Å². The van der Waals surface area contributed by atoms with Crippen molar-refractivity contribution < 1.29 is 18.7 Å². The van der Waals surface area contributed by atoms with Crippen LogP contribution >= 0.6 is 0 Å². The molecule has 5 heteroatoms. The zero-order valence-corrected chi connectivity index (χ0v) is 12.5. The van der Waals surface area contributed by atoms with Crippen LogP contribution in [0, 0.1) is 0 Å². The van der Waals surface area contributed by atoms with Crippen molar-refractivity contribution in [3.63, 3.8) is 0 Å². The molecule has 0 amide bonds. The zero-order chi connectivity index (χ0) is 13.7. The molecule has 0 spiro atoms. The Kier molecular flexibility index (Phi) is 6.33. The highest BCUT2D eigenvalue weighted by molar-refractivity contribution is 6.74. The van der Waals surface area contributed by atoms with Crippen LogP contribution in [0.15, 0.2) is 0 Å². The quantitative estimate of drug-likeness (QED) is 0.564. The predicted molar refractivity (Wildman–Crippen MR) is 69.5 cm³/mol. The second-order valence-electron chi connectivity index (χ2n) is 5.91. The number of rotatable bonds is 7. The van der Waals surface area contributed by atoms with Gasteiger partial charge in [-0.05, 0) is 37.4 Å². The van der Waals surface area contributed by atoms with Crippen LogP contribution in [0.25, 0.3) is 0 Å². The standard InChI is InChI=1S/C12H25FO3Si/c1-12(2,3)17(4,5)16-9-7-6-8-10(13)11(14)15/h10H,6-9H2,1-5H3,(H,14,15). The van der Waals surface area contributed by atoms with Gasteiger partial charge in [-0.3, -0.25) is 0 Å². The summed E-state index contributed by atoms with van der Waals surface area (Å²) in [5.41, 5.74) is 0. The molecule has 0 rings (SSSR count). The third-order valence-electron chi connectivity index (χ3n) is 3.39. The summed E-state index contributed by atoms with van der Waals surface area (Å²) in [5, 5.41) is 8.55. The van der Waals surface area contributed by atoms with E-state index in [4.69, 9.17) is 9.53 Å². The van der Waals surface area contributed by atoms with Crippen LogP contribution < -0.4 is 0 Å². The van der Waals surface area contributed by atoms with E-state index in [0.717, 1.165) is 6.42 Å². The molecule has 0 aromatic rings. The predicted octanol–water partition coefficient (Wildman–Crippen LogP) is 3.60. The molecule has 0 aliphatic heterocycles. The lowest BCUT2D eigenvalue weighted by Crippen LogP contribution is -2.40. The van der Waals surface area contributed by atoms with E-state index in [-0.39, 0.29) is 11.5 Å². The Bertz CT molecular complexity index is 249. The van der Waals surface area contributed by atoms with Gasteiger partial charge < -0.3 is 9.53 Å². The van der Waals surface area contributed by atoms with Gasteiger partial charge in [0.1, 0.15) is 0 Å². The van der Waals surface area contributed by atoms with E-state index in [9.17, 15) is 9.18 Å². The molecule has 0 saturated carbocycles. The molecular weight excluding hydrogens is 239 g/mol. The maximum absolute atomic E-state index is 12.7. The van der Waals surface area contributed by atoms with Crippen LogP contribution in [-0.2, 0) is 9.22 Å². The summed E-state index contributed by atoms with van der Waals surface area (Å²) >= 11 is 0. The molecule has 1 N–H and O–H groups in total. The lowest BCUT2D eigenvalue weighted by Gasteiger charge is -2.36. The van der Waals surface area contributed by atoms with E-state index in [1.54, 1.807) is 0 Å². The van der Waals surface area contributed by atoms with Crippen LogP contribution in [0.5, 0.6) is 0 Å². The number of alkyl halides is 1. The van der Waals surface area contributed by atoms with Gasteiger partial charge in [-0.25, -0.2) is 9.18 Å². The summed E-state index contributed by atoms with van der Waals surface area (Å²) in [6, 6.07) is 0. The van der Waals surface area contributed by atoms with Crippen LogP contribution in [0.4, 0.5) is 4.39 Å². The van der Waals surface area contributed by atoms with Gasteiger partial charge in [0.15, 0.2) is 14.5 Å². The number of carboxylic acids is 1. The number of hydrogen-bond acceptors (Lipinski definition) is 2. The van der Waals surface area contributed by atoms with E-state index in [0.29, 0.717) is 13.0 Å². The van der Waals surface area contributed by atoms with Crippen molar-refractivity contribution in [1.82, 2.24) is 0 Å². The SMILES string of the molecule is CC(C)(C)[Si](C)(C)OCCCCC(F)C(=O)O. The third kappa shape index (κ3) is 6.17. The Labute approximate surface area is 104 Å². The maximum Gasteiger partial charge on any atom is 0.338 e. The number of carbonyl (C=O) groups is 1. The van der Waals surface area contributed by atoms with E-state index < -0.39 is 20.5 Å². The summed E-state index contributed by atoms with van der Waals surface area (Å²) in [4.78, 5) is 10.3. The van der Waals surface area contributed by atoms with Crippen LogP contribution in [0.3, 0.4) is 0 Å². The van der Waals surface area contributed by atoms with E-state index in [1.165, 1.54) is 0 Å². The molecule has 0 heterocycles. The molecule has 0 aliphatic rings. The first-order chi connectivity index (χ1) is 7.58. The van der Waals surface area contributed by atoms with Crippen molar-refractivity contribution in [3.05, 3.63) is 0 Å². The molecular formula is C12H25FO3Si. The normalized spacial score (nSPS) is 14.7. The van der Waals surface area contributed by atoms with Gasteiger partial charge in [0.2, 0.25) is 0 Å². The topological polar surface area (TPSA) is 46.5 Å². The summed E-state index contributed by atoms with van der Waals surface area (Å²) in [6.45, 7) is 11.4. The summed E-state index contributed by atoms with van der Waals surface area (Å²) in [6.07, 6.45) is -0.374. The smallest absolute Gasteiger partial charge is 0.338 e. The average Bonchev–Trinajstić information content (AvgIpc) is 2.14. The van der Waals surface area contributed by atoms with Crippen molar-refractivity contribution in [2.75, 3.05) is 6.61 Å². The highest BCUT2D eigenvalue weighted by Crippen LogP contribution is 2.36. The lowest BCUT2D eigenvalue weighted by molar-refractivity contribution is -0.143. The Morgan fingerprint density at radius 2 is 1.88 bits per heavy atom. The number of carboxylic acid groups (broad SMARTS) is 1. The molecule has 0 aromatic carbocycles. The van der Waals surface area contributed by atoms with Crippen molar-refractivity contribution in [1.29, 1.82) is 0 Å². The minimum Gasteiger partial charge on any atom is -0.479 e. The maximum atomic E-state index is 12.7. The highest BCUT2D eigenvalue weighted by atomic mass is 28.4. The molecule has 17 heavy (non-hydrogen) atoms. The van der Waals surface area contributed by atoms with E-state index in [1.807, 2.05) is 0 Å². The molecule has 102 valence electrons. The Morgan fingerprint density at radius 1 is 1.35 bits per heavy atom. The second kappa shape index (κ2) is 6.49. The summed E-state index contributed by atoms with van der Waals surface area (Å²) in [7, 11) is -1.71. The van der Waals surface area contributed by atoms with Gasteiger partial charge >= 0.3 is 5.97 Å². The van der Waals surface area contributed by atoms with Crippen molar-refractivity contribution in [2.24, 2.45) is 0 Å². The molecule has 3 nitrogen and oxygen atoms in total. The van der Waals surface area contributed by atoms with Crippen LogP contribution in [0.1, 0.15) is 40.0 Å². The number of aliphatic carboxylic acids is 1. The largest absolute Gasteiger partial charge is 0.479 e. The van der Waals surface area contributed by atoms with Gasteiger partial charge in [-0.2, -0.15) is 0 Å². The molecule has 1 unspecified atom stereocenters. The lowest BCUT2D eigenvalue weighted by atomic mass is 10.2. The minimum atomic E-state index is -1.73. The molecule has 0 bridgehead atoms. The zero-order valence-electron chi connectivity index (χ0n) is 11.5. The number of hydrogen-bond donors (Lipinski definition) is 1. The van der Waals surface area contributed by atoms with Crippen molar-refractivity contribution in [2.45, 2.75) is 64.3 Å². The average molecular weight is 264 g/mol. The summed E-state index contributed by atoms with van der Waals surface area (Å²) in [5.74, 6) is -1.37. The number of unbranched alkanes of at least 4 members (excludes halogenated alkanes) is 1. The van der Waals surface area contributed by atoms with Gasteiger partial charge in [0.25, 0.3) is 0 Å². The molecule has 1 atom stereocenters. The first kappa shape index (κ1) is 16.6. The molecule has 0 aromatic heterocycles. The van der Waals surface area contributed by atoms with Gasteiger partial charge in [-0.1, -0.05) is 20.8 Å². The minimum absolute atomic E-state index is 0.0796. The van der Waals surface area contributed by atoms with E-state index in [2.05, 4.69) is 33.9 Å². The van der Waals surface area contributed by atoms with Crippen LogP contribution in [0.2, 0.25) is 18.1 Å². The second-order valence-corrected chi connectivity index (χ2v) is 10.7. The Balaban J connectivity index is 3.76. The first-order valence-corrected chi connectivity index (χ1v) is 8.99. The van der Waals surface area contributed by atoms with Gasteiger partial charge in [0.05, 0.1) is 0 Å². The van der Waals surface area contributed by atoms with Crippen LogP contribution in [-0.4, -0.2) is 32.2 Å². The molecule has 0 aliphatic carbocycles. The van der Waals surface area contributed by atoms with Crippen molar-refractivity contribution >= 4 is 14.3 Å². The molecule has 0 saturated heterocycles. The third-order valence-corrected chi connectivity index (χ3v) is 7.93. The molecule has 0 radical (unpaired) electrons. The van der Waals surface area contributed by atoms with Crippen molar-refractivity contribution in [3.8, 4) is 0 Å². The Morgan fingerprint density at radius 3 is 2.29 bits per heavy atom. The van der Waals surface area contributed by atoms with Gasteiger partial charge in [-0.15, -0.1) is 0 Å². The fraction of sp³-hybridized carbons (Fsp3) is 0.917. The highest BCUT2D eigenvalue weighted by Gasteiger charge is 2.36. The monoisotopic (exact) mass is 264 g/mol. The fourth-order valence-corrected chi connectivity index (χ4v) is 2.18. The fourth-order valence-electron chi connectivity index (χ4n) is 1.09. The first-order valence-electron chi connectivity index (χ1n) is 6.09. The Hall–Kier alpha value is -0.423. The molecule has 0 fully saturated rings. The number of halogens is 1. The summed E-state index contributed by atoms with van der Waals surface area (Å²) < 4.78 is 18.6.